The molecule has 0 amide bonds. The van der Waals surface area contributed by atoms with Crippen molar-refractivity contribution in [2.24, 2.45) is 0 Å². The van der Waals surface area contributed by atoms with E-state index < -0.39 is 0 Å². The van der Waals surface area contributed by atoms with Gasteiger partial charge >= 0.3 is 0 Å². The summed E-state index contributed by atoms with van der Waals surface area (Å²) in [6.07, 6.45) is 0. The number of hydrogen-bond acceptors (Lipinski definition) is 2. The lowest BCUT2D eigenvalue weighted by molar-refractivity contribution is 0.503. The van der Waals surface area contributed by atoms with Crippen molar-refractivity contribution in [1.29, 1.82) is 0 Å². The summed E-state index contributed by atoms with van der Waals surface area (Å²) < 4.78 is 0.896. The van der Waals surface area contributed by atoms with E-state index in [1.807, 2.05) is 30.3 Å². The molecule has 0 aliphatic heterocycles. The lowest BCUT2D eigenvalue weighted by Gasteiger charge is -2.05. The SMILES string of the molecule is Cl.Cl.ClN(Cl)NCc1ccccc1. The largest absolute Gasteiger partial charge is 0.222 e. The molecule has 6 heteroatoms. The van der Waals surface area contributed by atoms with Gasteiger partial charge in [0.2, 0.25) is 0 Å². The fourth-order valence-corrected chi connectivity index (χ4v) is 0.866. The first kappa shape index (κ1) is 15.8. The van der Waals surface area contributed by atoms with Gasteiger partial charge in [0.05, 0.1) is 0 Å². The molecule has 0 saturated heterocycles. The van der Waals surface area contributed by atoms with Gasteiger partial charge in [-0.3, -0.25) is 0 Å². The lowest BCUT2D eigenvalue weighted by atomic mass is 10.2. The molecule has 0 fully saturated rings. The average Bonchev–Trinajstić information content (AvgIpc) is 2.03. The highest BCUT2D eigenvalue weighted by Crippen LogP contribution is 1.99. The molecule has 0 radical (unpaired) electrons. The second kappa shape index (κ2) is 8.88. The van der Waals surface area contributed by atoms with Crippen molar-refractivity contribution in [1.82, 2.24) is 9.47 Å². The number of hydrogen-bond donors (Lipinski definition) is 1. The molecular weight excluding hydrogens is 254 g/mol. The normalized spacial score (nSPS) is 8.85. The van der Waals surface area contributed by atoms with Gasteiger partial charge in [-0.05, 0) is 5.56 Å². The van der Waals surface area contributed by atoms with Crippen LogP contribution >= 0.6 is 48.4 Å². The standard InChI is InChI=1S/C7H8Cl2N2.2ClH/c8-11(9)10-6-7-4-2-1-3-5-7;;/h1-5,10H,6H2;2*1H. The van der Waals surface area contributed by atoms with Crippen LogP contribution in [0.5, 0.6) is 0 Å². The van der Waals surface area contributed by atoms with E-state index in [1.165, 1.54) is 0 Å². The minimum atomic E-state index is 0. The maximum absolute atomic E-state index is 5.32. The molecule has 76 valence electrons. The van der Waals surface area contributed by atoms with E-state index in [0.29, 0.717) is 6.54 Å². The zero-order chi connectivity index (χ0) is 8.10. The summed E-state index contributed by atoms with van der Waals surface area (Å²) in [5.74, 6) is 0. The molecule has 0 aliphatic rings. The molecular formula is C7H10Cl4N2. The van der Waals surface area contributed by atoms with Crippen molar-refractivity contribution in [3.8, 4) is 0 Å². The molecule has 0 aliphatic carbocycles. The van der Waals surface area contributed by atoms with Crippen LogP contribution in [0, 0.1) is 0 Å². The Hall–Kier alpha value is 0.300. The van der Waals surface area contributed by atoms with Crippen molar-refractivity contribution in [3.63, 3.8) is 0 Å². The van der Waals surface area contributed by atoms with Gasteiger partial charge in [-0.25, -0.2) is 5.43 Å². The third-order valence-corrected chi connectivity index (χ3v) is 1.48. The minimum absolute atomic E-state index is 0. The summed E-state index contributed by atoms with van der Waals surface area (Å²) in [7, 11) is 0. The van der Waals surface area contributed by atoms with Gasteiger partial charge < -0.3 is 0 Å². The number of benzene rings is 1. The molecule has 13 heavy (non-hydrogen) atoms. The Morgan fingerprint density at radius 1 is 1.08 bits per heavy atom. The van der Waals surface area contributed by atoms with Crippen LogP contribution < -0.4 is 5.43 Å². The molecule has 2 nitrogen and oxygen atoms in total. The number of hydrazine groups is 1. The fourth-order valence-electron chi connectivity index (χ4n) is 0.747. The highest BCUT2D eigenvalue weighted by atomic mass is 35.5. The Bertz CT molecular complexity index is 205. The molecule has 0 heterocycles. The summed E-state index contributed by atoms with van der Waals surface area (Å²) >= 11 is 10.6. The fraction of sp³-hybridized carbons (Fsp3) is 0.143. The van der Waals surface area contributed by atoms with Crippen LogP contribution in [0.1, 0.15) is 5.56 Å². The molecule has 1 aromatic rings. The average molecular weight is 264 g/mol. The van der Waals surface area contributed by atoms with Crippen LogP contribution in [-0.4, -0.2) is 4.05 Å². The third-order valence-electron chi connectivity index (χ3n) is 1.25. The number of nitrogens with zero attached hydrogens (tertiary/aromatic N) is 1. The van der Waals surface area contributed by atoms with Gasteiger partial charge in [0.1, 0.15) is 0 Å². The molecule has 1 rings (SSSR count). The van der Waals surface area contributed by atoms with Gasteiger partial charge in [0.15, 0.2) is 0 Å². The molecule has 1 aromatic carbocycles. The summed E-state index contributed by atoms with van der Waals surface area (Å²) in [5, 5.41) is 0. The molecule has 1 N–H and O–H groups in total. The maximum Gasteiger partial charge on any atom is 0.0378 e. The van der Waals surface area contributed by atoms with Gasteiger partial charge in [0, 0.05) is 30.1 Å². The van der Waals surface area contributed by atoms with Gasteiger partial charge in [-0.15, -0.1) is 24.8 Å². The zero-order valence-corrected chi connectivity index (χ0v) is 9.76. The van der Waals surface area contributed by atoms with Crippen molar-refractivity contribution in [3.05, 3.63) is 35.9 Å². The number of halogens is 4. The predicted molar refractivity (Wildman–Crippen MR) is 61.3 cm³/mol. The monoisotopic (exact) mass is 262 g/mol. The van der Waals surface area contributed by atoms with Crippen molar-refractivity contribution in [2.75, 3.05) is 0 Å². The quantitative estimate of drug-likeness (QED) is 0.666. The number of rotatable bonds is 3. The van der Waals surface area contributed by atoms with E-state index in [4.69, 9.17) is 23.6 Å². The first-order chi connectivity index (χ1) is 5.29. The van der Waals surface area contributed by atoms with Crippen LogP contribution in [0.2, 0.25) is 0 Å². The smallest absolute Gasteiger partial charge is 0.0378 e. The minimum Gasteiger partial charge on any atom is -0.222 e. The molecule has 0 aromatic heterocycles. The molecule has 0 saturated carbocycles. The predicted octanol–water partition coefficient (Wildman–Crippen LogP) is 3.14. The van der Waals surface area contributed by atoms with Gasteiger partial charge in [-0.2, -0.15) is 0 Å². The van der Waals surface area contributed by atoms with E-state index in [2.05, 4.69) is 5.43 Å². The summed E-state index contributed by atoms with van der Waals surface area (Å²) in [4.78, 5) is 0. The van der Waals surface area contributed by atoms with Crippen molar-refractivity contribution < 1.29 is 0 Å². The molecule has 0 spiro atoms. The van der Waals surface area contributed by atoms with Crippen LogP contribution in [0.15, 0.2) is 30.3 Å². The molecule has 0 atom stereocenters. The van der Waals surface area contributed by atoms with Crippen molar-refractivity contribution >= 4 is 48.4 Å². The third kappa shape index (κ3) is 7.38. The molecule has 0 bridgehead atoms. The van der Waals surface area contributed by atoms with Crippen LogP contribution in [0.4, 0.5) is 0 Å². The van der Waals surface area contributed by atoms with Crippen LogP contribution in [0.25, 0.3) is 0 Å². The topological polar surface area (TPSA) is 15.3 Å². The first-order valence-corrected chi connectivity index (χ1v) is 3.86. The van der Waals surface area contributed by atoms with Gasteiger partial charge in [0.25, 0.3) is 0 Å². The second-order valence-electron chi connectivity index (χ2n) is 2.05. The lowest BCUT2D eigenvalue weighted by Crippen LogP contribution is -2.20. The van der Waals surface area contributed by atoms with E-state index in [1.54, 1.807) is 0 Å². The maximum atomic E-state index is 5.32. The highest BCUT2D eigenvalue weighted by molar-refractivity contribution is 6.33. The zero-order valence-electron chi connectivity index (χ0n) is 6.61. The van der Waals surface area contributed by atoms with Crippen LogP contribution in [0.3, 0.4) is 0 Å². The first-order valence-electron chi connectivity index (χ1n) is 3.18. The Morgan fingerprint density at radius 3 is 2.08 bits per heavy atom. The second-order valence-corrected chi connectivity index (χ2v) is 2.90. The summed E-state index contributed by atoms with van der Waals surface area (Å²) in [6.45, 7) is 0.633. The van der Waals surface area contributed by atoms with E-state index >= 15 is 0 Å². The van der Waals surface area contributed by atoms with Crippen LogP contribution in [-0.2, 0) is 6.54 Å². The molecule has 0 unspecified atom stereocenters. The Morgan fingerprint density at radius 2 is 1.62 bits per heavy atom. The van der Waals surface area contributed by atoms with E-state index in [-0.39, 0.29) is 24.8 Å². The van der Waals surface area contributed by atoms with E-state index in [9.17, 15) is 0 Å². The Balaban J connectivity index is 0. The van der Waals surface area contributed by atoms with E-state index in [0.717, 1.165) is 9.61 Å². The number of nitrogens with one attached hydrogen (secondary N) is 1. The Labute approximate surface area is 100 Å². The van der Waals surface area contributed by atoms with Crippen molar-refractivity contribution in [2.45, 2.75) is 6.54 Å². The summed E-state index contributed by atoms with van der Waals surface area (Å²) in [6, 6.07) is 9.87. The van der Waals surface area contributed by atoms with Gasteiger partial charge in [-0.1, -0.05) is 34.4 Å². The highest BCUT2D eigenvalue weighted by Gasteiger charge is 1.93. The summed E-state index contributed by atoms with van der Waals surface area (Å²) in [5.41, 5.74) is 3.86. The Kier molecular flexibility index (Phi) is 10.8.